The molecule has 0 bridgehead atoms. The van der Waals surface area contributed by atoms with E-state index in [9.17, 15) is 13.2 Å². The summed E-state index contributed by atoms with van der Waals surface area (Å²) in [6, 6.07) is 6.62. The summed E-state index contributed by atoms with van der Waals surface area (Å²) in [6.07, 6.45) is 3.72. The molecule has 0 saturated heterocycles. The highest BCUT2D eigenvalue weighted by Crippen LogP contribution is 2.23. The normalized spacial score (nSPS) is 11.7. The van der Waals surface area contributed by atoms with Crippen LogP contribution in [0.2, 0.25) is 0 Å². The van der Waals surface area contributed by atoms with Crippen LogP contribution in [0.15, 0.2) is 41.4 Å². The quantitative estimate of drug-likeness (QED) is 0.823. The van der Waals surface area contributed by atoms with Gasteiger partial charge in [0.25, 0.3) is 10.0 Å². The summed E-state index contributed by atoms with van der Waals surface area (Å²) in [7, 11) is -3.70. The highest BCUT2D eigenvalue weighted by Gasteiger charge is 2.17. The van der Waals surface area contributed by atoms with Gasteiger partial charge in [0.2, 0.25) is 0 Å². The molecule has 1 heterocycles. The first-order chi connectivity index (χ1) is 9.88. The second-order valence-electron chi connectivity index (χ2n) is 4.11. The van der Waals surface area contributed by atoms with Gasteiger partial charge in [-0.2, -0.15) is 0 Å². The van der Waals surface area contributed by atoms with Gasteiger partial charge in [-0.15, -0.1) is 0 Å². The number of nitrogens with one attached hydrogen (secondary N) is 1. The number of carboxylic acids is 1. The van der Waals surface area contributed by atoms with Crippen LogP contribution in [0.3, 0.4) is 0 Å². The average Bonchev–Trinajstić information content (AvgIpc) is 2.83. The van der Waals surface area contributed by atoms with Crippen LogP contribution in [0.1, 0.15) is 10.4 Å². The van der Waals surface area contributed by atoms with Crippen molar-refractivity contribution in [2.75, 3.05) is 4.72 Å². The Hall–Kier alpha value is -2.19. The summed E-state index contributed by atoms with van der Waals surface area (Å²) >= 11 is 1.05. The van der Waals surface area contributed by atoms with Gasteiger partial charge in [-0.3, -0.25) is 4.72 Å². The van der Waals surface area contributed by atoms with Gasteiger partial charge in [-0.1, -0.05) is 29.5 Å². The van der Waals surface area contributed by atoms with Crippen LogP contribution in [0.5, 0.6) is 0 Å². The number of nitrogens with zero attached hydrogens (tertiary/aromatic N) is 1. The van der Waals surface area contributed by atoms with E-state index in [1.165, 1.54) is 18.3 Å². The number of sulfonamides is 1. The third-order valence-corrected chi connectivity index (χ3v) is 5.02. The molecule has 0 aliphatic rings. The number of aliphatic carboxylic acids is 1. The van der Waals surface area contributed by atoms with Crippen LogP contribution >= 0.6 is 11.3 Å². The molecule has 110 valence electrons. The minimum absolute atomic E-state index is 0.183. The summed E-state index contributed by atoms with van der Waals surface area (Å²) in [5, 5.41) is 8.72. The topological polar surface area (TPSA) is 96.4 Å². The lowest BCUT2D eigenvalue weighted by Crippen LogP contribution is -2.13. The second kappa shape index (κ2) is 6.06. The predicted octanol–water partition coefficient (Wildman–Crippen LogP) is 2.35. The number of anilines is 1. The number of benzene rings is 1. The van der Waals surface area contributed by atoms with Crippen molar-refractivity contribution in [3.05, 3.63) is 47.0 Å². The molecule has 0 radical (unpaired) electrons. The minimum Gasteiger partial charge on any atom is -0.478 e. The highest BCUT2D eigenvalue weighted by atomic mass is 32.2. The number of thiazole rings is 1. The molecule has 2 N–H and O–H groups in total. The van der Waals surface area contributed by atoms with E-state index in [1.807, 2.05) is 0 Å². The van der Waals surface area contributed by atoms with E-state index >= 15 is 0 Å². The first-order valence-corrected chi connectivity index (χ1v) is 8.14. The Morgan fingerprint density at radius 1 is 1.38 bits per heavy atom. The molecule has 0 aliphatic heterocycles. The van der Waals surface area contributed by atoms with E-state index in [2.05, 4.69) is 9.71 Å². The molecule has 0 fully saturated rings. The number of hydrogen-bond donors (Lipinski definition) is 2. The lowest BCUT2D eigenvalue weighted by molar-refractivity contribution is -0.131. The Balaban J connectivity index is 2.22. The number of aryl methyl sites for hydroxylation is 1. The summed E-state index contributed by atoms with van der Waals surface area (Å²) in [5.41, 5.74) is 0.632. The molecule has 1 aromatic heterocycles. The molecule has 6 nitrogen and oxygen atoms in total. The third-order valence-electron chi connectivity index (χ3n) is 2.52. The third kappa shape index (κ3) is 3.89. The van der Waals surface area contributed by atoms with Crippen molar-refractivity contribution in [2.45, 2.75) is 11.8 Å². The SMILES string of the molecule is Cc1ccccc1S(=O)(=O)Nc1ncc(C=CC(=O)O)s1. The van der Waals surface area contributed by atoms with Crippen molar-refractivity contribution in [1.82, 2.24) is 4.98 Å². The zero-order valence-corrected chi connectivity index (χ0v) is 12.6. The van der Waals surface area contributed by atoms with Crippen LogP contribution in [-0.4, -0.2) is 24.5 Å². The number of rotatable bonds is 5. The van der Waals surface area contributed by atoms with E-state index < -0.39 is 16.0 Å². The Labute approximate surface area is 125 Å². The van der Waals surface area contributed by atoms with Crippen LogP contribution in [-0.2, 0) is 14.8 Å². The molecule has 21 heavy (non-hydrogen) atoms. The molecule has 0 atom stereocenters. The summed E-state index contributed by atoms with van der Waals surface area (Å²) in [5.74, 6) is -1.08. The van der Waals surface area contributed by atoms with Gasteiger partial charge in [0.15, 0.2) is 5.13 Å². The maximum atomic E-state index is 12.2. The van der Waals surface area contributed by atoms with Gasteiger partial charge in [0.05, 0.1) is 4.90 Å². The van der Waals surface area contributed by atoms with Gasteiger partial charge in [-0.25, -0.2) is 18.2 Å². The molecule has 0 aliphatic carbocycles. The van der Waals surface area contributed by atoms with Crippen LogP contribution in [0.4, 0.5) is 5.13 Å². The zero-order chi connectivity index (χ0) is 15.5. The van der Waals surface area contributed by atoms with Crippen molar-refractivity contribution < 1.29 is 18.3 Å². The number of carbonyl (C=O) groups is 1. The van der Waals surface area contributed by atoms with E-state index in [1.54, 1.807) is 25.1 Å². The Morgan fingerprint density at radius 2 is 2.10 bits per heavy atom. The van der Waals surface area contributed by atoms with Gasteiger partial charge < -0.3 is 5.11 Å². The van der Waals surface area contributed by atoms with E-state index in [-0.39, 0.29) is 10.0 Å². The standard InChI is InChI=1S/C13H12N2O4S2/c1-9-4-2-3-5-11(9)21(18,19)15-13-14-8-10(20-13)6-7-12(16)17/h2-8H,1H3,(H,14,15)(H,16,17). The lowest BCUT2D eigenvalue weighted by Gasteiger charge is -2.07. The smallest absolute Gasteiger partial charge is 0.328 e. The molecule has 8 heteroatoms. The predicted molar refractivity (Wildman–Crippen MR) is 80.8 cm³/mol. The number of carboxylic acid groups (broad SMARTS) is 1. The van der Waals surface area contributed by atoms with Crippen molar-refractivity contribution in [1.29, 1.82) is 0 Å². The first kappa shape index (κ1) is 15.2. The molecular weight excluding hydrogens is 312 g/mol. The van der Waals surface area contributed by atoms with Gasteiger partial charge >= 0.3 is 5.97 Å². The fraction of sp³-hybridized carbons (Fsp3) is 0.0769. The number of hydrogen-bond acceptors (Lipinski definition) is 5. The summed E-state index contributed by atoms with van der Waals surface area (Å²) in [4.78, 5) is 15.1. The Morgan fingerprint density at radius 3 is 2.76 bits per heavy atom. The summed E-state index contributed by atoms with van der Waals surface area (Å²) < 4.78 is 26.9. The minimum atomic E-state index is -3.70. The monoisotopic (exact) mass is 324 g/mol. The number of aromatic nitrogens is 1. The highest BCUT2D eigenvalue weighted by molar-refractivity contribution is 7.93. The van der Waals surface area contributed by atoms with Crippen molar-refractivity contribution in [3.63, 3.8) is 0 Å². The van der Waals surface area contributed by atoms with Crippen LogP contribution in [0.25, 0.3) is 6.08 Å². The molecule has 2 rings (SSSR count). The van der Waals surface area contributed by atoms with Crippen molar-refractivity contribution in [2.24, 2.45) is 0 Å². The maximum Gasteiger partial charge on any atom is 0.328 e. The van der Waals surface area contributed by atoms with E-state index in [4.69, 9.17) is 5.11 Å². The molecule has 0 unspecified atom stereocenters. The fourth-order valence-corrected chi connectivity index (χ4v) is 3.80. The Kier molecular flexibility index (Phi) is 4.39. The largest absolute Gasteiger partial charge is 0.478 e. The fourth-order valence-electron chi connectivity index (χ4n) is 1.59. The lowest BCUT2D eigenvalue weighted by atomic mass is 10.2. The second-order valence-corrected chi connectivity index (χ2v) is 6.82. The van der Waals surface area contributed by atoms with Gasteiger partial charge in [0.1, 0.15) is 0 Å². The van der Waals surface area contributed by atoms with Crippen LogP contribution in [0, 0.1) is 6.92 Å². The van der Waals surface area contributed by atoms with Gasteiger partial charge in [-0.05, 0) is 24.6 Å². The molecule has 2 aromatic rings. The first-order valence-electron chi connectivity index (χ1n) is 5.84. The van der Waals surface area contributed by atoms with E-state index in [0.717, 1.165) is 17.4 Å². The van der Waals surface area contributed by atoms with Crippen molar-refractivity contribution in [3.8, 4) is 0 Å². The molecule has 1 aromatic carbocycles. The zero-order valence-electron chi connectivity index (χ0n) is 11.0. The average molecular weight is 324 g/mol. The molecule has 0 spiro atoms. The van der Waals surface area contributed by atoms with Crippen LogP contribution < -0.4 is 4.72 Å². The molecular formula is C13H12N2O4S2. The van der Waals surface area contributed by atoms with Gasteiger partial charge in [0, 0.05) is 17.2 Å². The Bertz CT molecular complexity index is 794. The molecule has 0 amide bonds. The van der Waals surface area contributed by atoms with E-state index in [0.29, 0.717) is 10.4 Å². The summed E-state index contributed by atoms with van der Waals surface area (Å²) in [6.45, 7) is 1.71. The van der Waals surface area contributed by atoms with Crippen molar-refractivity contribution >= 4 is 38.5 Å². The maximum absolute atomic E-state index is 12.2. The molecule has 0 saturated carbocycles.